The molecule has 5 heteroatoms. The summed E-state index contributed by atoms with van der Waals surface area (Å²) in [5.41, 5.74) is 2.77. The minimum atomic E-state index is -0.266. The van der Waals surface area contributed by atoms with Crippen LogP contribution in [0.5, 0.6) is 0 Å². The lowest BCUT2D eigenvalue weighted by atomic mass is 10.1. The van der Waals surface area contributed by atoms with Gasteiger partial charge in [0.25, 0.3) is 5.91 Å². The Balaban J connectivity index is 1.68. The number of pyridine rings is 1. The van der Waals surface area contributed by atoms with Crippen LogP contribution in [-0.4, -0.2) is 15.8 Å². The van der Waals surface area contributed by atoms with Gasteiger partial charge in [-0.05, 0) is 23.8 Å². The summed E-state index contributed by atoms with van der Waals surface area (Å²) in [4.78, 5) is 19.0. The van der Waals surface area contributed by atoms with Crippen LogP contribution in [0.25, 0.3) is 0 Å². The van der Waals surface area contributed by atoms with E-state index in [1.54, 1.807) is 12.3 Å². The zero-order valence-corrected chi connectivity index (χ0v) is 14.1. The van der Waals surface area contributed by atoms with Gasteiger partial charge < -0.3 is 10.2 Å². The van der Waals surface area contributed by atoms with Crippen LogP contribution in [0.3, 0.4) is 0 Å². The molecule has 0 spiro atoms. The number of nitrogens with one attached hydrogen (secondary N) is 1. The summed E-state index contributed by atoms with van der Waals surface area (Å²) in [6.07, 6.45) is 1.33. The number of hydrogen-bond donors (Lipinski definition) is 1. The lowest BCUT2D eigenvalue weighted by molar-refractivity contribution is 0.0728. The van der Waals surface area contributed by atoms with Crippen molar-refractivity contribution in [2.75, 3.05) is 5.32 Å². The first-order valence-electron chi connectivity index (χ1n) is 8.04. The lowest BCUT2D eigenvalue weighted by Gasteiger charge is -2.26. The van der Waals surface area contributed by atoms with Crippen LogP contribution in [0.15, 0.2) is 72.9 Å². The molecule has 124 valence electrons. The third kappa shape index (κ3) is 3.08. The first-order valence-corrected chi connectivity index (χ1v) is 8.42. The average molecular weight is 350 g/mol. The SMILES string of the molecule is O=C1c2ccccc2[C@H](Nc2ccc(Cl)cn2)N1Cc1ccccc1. The zero-order valence-electron chi connectivity index (χ0n) is 13.4. The van der Waals surface area contributed by atoms with Crippen molar-refractivity contribution < 1.29 is 4.79 Å². The molecule has 1 amide bonds. The molecule has 3 aromatic rings. The van der Waals surface area contributed by atoms with E-state index in [1.165, 1.54) is 0 Å². The van der Waals surface area contributed by atoms with Crippen molar-refractivity contribution in [3.05, 3.63) is 94.6 Å². The number of benzene rings is 2. The maximum atomic E-state index is 12.9. The van der Waals surface area contributed by atoms with E-state index in [0.29, 0.717) is 17.4 Å². The third-order valence-electron chi connectivity index (χ3n) is 4.27. The van der Waals surface area contributed by atoms with Crippen LogP contribution in [0.1, 0.15) is 27.7 Å². The molecule has 0 radical (unpaired) electrons. The maximum Gasteiger partial charge on any atom is 0.256 e. The Labute approximate surface area is 151 Å². The third-order valence-corrected chi connectivity index (χ3v) is 4.49. The number of fused-ring (bicyclic) bond motifs is 1. The number of halogens is 1. The second-order valence-corrected chi connectivity index (χ2v) is 6.35. The number of anilines is 1. The number of aromatic nitrogens is 1. The van der Waals surface area contributed by atoms with Crippen LogP contribution < -0.4 is 5.32 Å². The summed E-state index contributed by atoms with van der Waals surface area (Å²) in [5, 5.41) is 3.94. The van der Waals surface area contributed by atoms with Crippen molar-refractivity contribution in [3.63, 3.8) is 0 Å². The van der Waals surface area contributed by atoms with E-state index in [2.05, 4.69) is 10.3 Å². The number of carbonyl (C=O) groups excluding carboxylic acids is 1. The Morgan fingerprint density at radius 2 is 1.76 bits per heavy atom. The Bertz CT molecular complexity index is 896. The molecule has 0 saturated heterocycles. The highest BCUT2D eigenvalue weighted by Crippen LogP contribution is 2.35. The maximum absolute atomic E-state index is 12.9. The number of carbonyl (C=O) groups is 1. The van der Waals surface area contributed by atoms with Gasteiger partial charge in [-0.25, -0.2) is 4.98 Å². The van der Waals surface area contributed by atoms with Gasteiger partial charge in [0.15, 0.2) is 0 Å². The van der Waals surface area contributed by atoms with E-state index >= 15 is 0 Å². The van der Waals surface area contributed by atoms with Crippen LogP contribution in [0.2, 0.25) is 5.02 Å². The first kappa shape index (κ1) is 15.7. The average Bonchev–Trinajstić information content (AvgIpc) is 2.91. The highest BCUT2D eigenvalue weighted by Gasteiger charge is 2.36. The molecule has 0 bridgehead atoms. The minimum Gasteiger partial charge on any atom is -0.346 e. The normalized spacial score (nSPS) is 16.0. The van der Waals surface area contributed by atoms with Crippen molar-refractivity contribution in [1.29, 1.82) is 0 Å². The van der Waals surface area contributed by atoms with E-state index in [1.807, 2.05) is 65.6 Å². The molecular formula is C20H16ClN3O. The summed E-state index contributed by atoms with van der Waals surface area (Å²) in [5.74, 6) is 0.697. The van der Waals surface area contributed by atoms with Gasteiger partial charge in [0.2, 0.25) is 0 Å². The Morgan fingerprint density at radius 1 is 1.00 bits per heavy atom. The van der Waals surface area contributed by atoms with Gasteiger partial charge in [-0.1, -0.05) is 60.1 Å². The number of hydrogen-bond acceptors (Lipinski definition) is 3. The molecule has 1 N–H and O–H groups in total. The largest absolute Gasteiger partial charge is 0.346 e. The molecule has 2 heterocycles. The van der Waals surface area contributed by atoms with Crippen LogP contribution in [-0.2, 0) is 6.54 Å². The molecule has 1 aliphatic rings. The molecule has 0 fully saturated rings. The second kappa shape index (κ2) is 6.57. The number of nitrogens with zero attached hydrogens (tertiary/aromatic N) is 2. The molecule has 0 saturated carbocycles. The topological polar surface area (TPSA) is 45.2 Å². The molecule has 2 aromatic carbocycles. The lowest BCUT2D eigenvalue weighted by Crippen LogP contribution is -2.32. The molecule has 4 nitrogen and oxygen atoms in total. The predicted molar refractivity (Wildman–Crippen MR) is 98.4 cm³/mol. The smallest absolute Gasteiger partial charge is 0.256 e. The van der Waals surface area contributed by atoms with E-state index in [9.17, 15) is 4.79 Å². The standard InChI is InChI=1S/C20H16ClN3O/c21-15-10-11-18(22-12-15)23-19-16-8-4-5-9-17(16)20(25)24(19)13-14-6-2-1-3-7-14/h1-12,19H,13H2,(H,22,23)/t19-/m1/s1. The summed E-state index contributed by atoms with van der Waals surface area (Å²) in [6, 6.07) is 21.2. The van der Waals surface area contributed by atoms with E-state index in [4.69, 9.17) is 11.6 Å². The fourth-order valence-electron chi connectivity index (χ4n) is 3.07. The highest BCUT2D eigenvalue weighted by molar-refractivity contribution is 6.30. The molecule has 4 rings (SSSR count). The summed E-state index contributed by atoms with van der Waals surface area (Å²) in [7, 11) is 0. The quantitative estimate of drug-likeness (QED) is 0.754. The fraction of sp³-hybridized carbons (Fsp3) is 0.100. The van der Waals surface area contributed by atoms with E-state index < -0.39 is 0 Å². The van der Waals surface area contributed by atoms with Gasteiger partial charge in [-0.15, -0.1) is 0 Å². The summed E-state index contributed by atoms with van der Waals surface area (Å²) < 4.78 is 0. The van der Waals surface area contributed by atoms with Gasteiger partial charge in [0.05, 0.1) is 5.02 Å². The Kier molecular flexibility index (Phi) is 4.12. The second-order valence-electron chi connectivity index (χ2n) is 5.91. The molecule has 0 unspecified atom stereocenters. The van der Waals surface area contributed by atoms with Crippen molar-refractivity contribution in [2.45, 2.75) is 12.7 Å². The van der Waals surface area contributed by atoms with Crippen molar-refractivity contribution in [1.82, 2.24) is 9.88 Å². The van der Waals surface area contributed by atoms with Gasteiger partial charge in [0, 0.05) is 23.9 Å². The molecule has 25 heavy (non-hydrogen) atoms. The summed E-state index contributed by atoms with van der Waals surface area (Å²) in [6.45, 7) is 0.527. The van der Waals surface area contributed by atoms with Gasteiger partial charge in [-0.2, -0.15) is 0 Å². The zero-order chi connectivity index (χ0) is 17.2. The predicted octanol–water partition coefficient (Wildman–Crippen LogP) is 4.50. The summed E-state index contributed by atoms with van der Waals surface area (Å²) >= 11 is 5.91. The number of amides is 1. The van der Waals surface area contributed by atoms with Gasteiger partial charge in [-0.3, -0.25) is 4.79 Å². The van der Waals surface area contributed by atoms with Gasteiger partial charge in [0.1, 0.15) is 12.0 Å². The first-order chi connectivity index (χ1) is 12.2. The van der Waals surface area contributed by atoms with Crippen molar-refractivity contribution in [3.8, 4) is 0 Å². The fourth-order valence-corrected chi connectivity index (χ4v) is 3.18. The molecule has 1 atom stereocenters. The van der Waals surface area contributed by atoms with Crippen LogP contribution >= 0.6 is 11.6 Å². The van der Waals surface area contributed by atoms with Crippen molar-refractivity contribution >= 4 is 23.3 Å². The van der Waals surface area contributed by atoms with E-state index in [-0.39, 0.29) is 12.1 Å². The minimum absolute atomic E-state index is 0.0194. The molecular weight excluding hydrogens is 334 g/mol. The molecule has 1 aromatic heterocycles. The Hall–Kier alpha value is -2.85. The van der Waals surface area contributed by atoms with Gasteiger partial charge >= 0.3 is 0 Å². The molecule has 0 aliphatic carbocycles. The van der Waals surface area contributed by atoms with Crippen LogP contribution in [0.4, 0.5) is 5.82 Å². The highest BCUT2D eigenvalue weighted by atomic mass is 35.5. The van der Waals surface area contributed by atoms with E-state index in [0.717, 1.165) is 16.7 Å². The Morgan fingerprint density at radius 3 is 2.52 bits per heavy atom. The molecule has 1 aliphatic heterocycles. The van der Waals surface area contributed by atoms with Crippen molar-refractivity contribution in [2.24, 2.45) is 0 Å². The van der Waals surface area contributed by atoms with Crippen LogP contribution in [0, 0.1) is 0 Å². The monoisotopic (exact) mass is 349 g/mol. The number of rotatable bonds is 4.